The van der Waals surface area contributed by atoms with E-state index in [1.165, 1.54) is 0 Å². The molecule has 0 radical (unpaired) electrons. The summed E-state index contributed by atoms with van der Waals surface area (Å²) in [4.78, 5) is 0. The lowest BCUT2D eigenvalue weighted by molar-refractivity contribution is 0.604. The summed E-state index contributed by atoms with van der Waals surface area (Å²) in [6, 6.07) is 3.26. The smallest absolute Gasteiger partial charge is 0.173 e. The van der Waals surface area contributed by atoms with Gasteiger partial charge in [-0.25, -0.2) is 8.42 Å². The molecule has 0 amide bonds. The first-order valence-electron chi connectivity index (χ1n) is 2.78. The van der Waals surface area contributed by atoms with Crippen molar-refractivity contribution >= 4 is 9.84 Å². The third-order valence-corrected chi connectivity index (χ3v) is 2.17. The fraction of sp³-hybridized carbons (Fsp3) is 0.333. The number of hydrogen-bond donors (Lipinski definition) is 0. The van der Waals surface area contributed by atoms with Gasteiger partial charge in [-0.05, 0) is 0 Å². The highest BCUT2D eigenvalue weighted by Gasteiger charge is 2.03. The van der Waals surface area contributed by atoms with Crippen LogP contribution in [-0.2, 0) is 9.84 Å². The molecule has 0 N–H and O–H groups in total. The van der Waals surface area contributed by atoms with Crippen LogP contribution >= 0.6 is 0 Å². The minimum absolute atomic E-state index is 0.0435. The first-order chi connectivity index (χ1) is 5.12. The maximum atomic E-state index is 10.8. The molecule has 0 atom stereocenters. The lowest BCUT2D eigenvalue weighted by Gasteiger charge is -1.89. The Labute approximate surface area is 65.3 Å². The van der Waals surface area contributed by atoms with E-state index in [4.69, 9.17) is 10.5 Å². The average Bonchev–Trinajstić information content (AvgIpc) is 1.97. The molecule has 0 rings (SSSR count). The average molecular weight is 170 g/mol. The Morgan fingerprint density at radius 3 is 2.45 bits per heavy atom. The highest BCUT2D eigenvalue weighted by atomic mass is 32.2. The first-order valence-corrected chi connectivity index (χ1v) is 4.50. The molecule has 4 nitrogen and oxygen atoms in total. The van der Waals surface area contributed by atoms with Crippen molar-refractivity contribution in [2.24, 2.45) is 0 Å². The van der Waals surface area contributed by atoms with Gasteiger partial charge >= 0.3 is 0 Å². The summed E-state index contributed by atoms with van der Waals surface area (Å²) in [6.07, 6.45) is 0.838. The van der Waals surface area contributed by atoms with E-state index in [9.17, 15) is 8.42 Å². The summed E-state index contributed by atoms with van der Waals surface area (Å²) in [7, 11) is -3.33. The number of rotatable bonds is 3. The number of allylic oxidation sites excluding steroid dienone is 1. The quantitative estimate of drug-likeness (QED) is 0.572. The van der Waals surface area contributed by atoms with Crippen LogP contribution < -0.4 is 0 Å². The number of hydrogen-bond acceptors (Lipinski definition) is 4. The largest absolute Gasteiger partial charge is 0.224 e. The molecular formula is C6H6N2O2S. The van der Waals surface area contributed by atoms with Crippen LogP contribution in [0.3, 0.4) is 0 Å². The van der Waals surface area contributed by atoms with Gasteiger partial charge in [0.2, 0.25) is 0 Å². The van der Waals surface area contributed by atoms with E-state index >= 15 is 0 Å². The molecule has 0 heterocycles. The lowest BCUT2D eigenvalue weighted by atomic mass is 10.6. The van der Waals surface area contributed by atoms with Gasteiger partial charge in [-0.1, -0.05) is 0 Å². The molecule has 0 aromatic heterocycles. The zero-order valence-electron chi connectivity index (χ0n) is 5.69. The Balaban J connectivity index is 4.19. The van der Waals surface area contributed by atoms with Crippen LogP contribution in [0.2, 0.25) is 0 Å². The Hall–Kier alpha value is -1.33. The molecule has 0 saturated carbocycles. The Morgan fingerprint density at radius 2 is 2.00 bits per heavy atom. The van der Waals surface area contributed by atoms with Gasteiger partial charge in [0, 0.05) is 17.9 Å². The van der Waals surface area contributed by atoms with E-state index in [2.05, 4.69) is 0 Å². The second-order valence-electron chi connectivity index (χ2n) is 1.71. The zero-order chi connectivity index (χ0) is 8.74. The molecule has 5 heteroatoms. The van der Waals surface area contributed by atoms with Crippen LogP contribution in [0.4, 0.5) is 0 Å². The van der Waals surface area contributed by atoms with E-state index in [-0.39, 0.29) is 12.2 Å². The van der Waals surface area contributed by atoms with Crippen molar-refractivity contribution in [1.29, 1.82) is 10.5 Å². The van der Waals surface area contributed by atoms with E-state index in [1.54, 1.807) is 12.1 Å². The summed E-state index contributed by atoms with van der Waals surface area (Å²) < 4.78 is 21.5. The van der Waals surface area contributed by atoms with Crippen molar-refractivity contribution in [2.75, 3.05) is 5.75 Å². The highest BCUT2D eigenvalue weighted by Crippen LogP contribution is 1.94. The van der Waals surface area contributed by atoms with E-state index in [0.717, 1.165) is 11.5 Å². The SMILES string of the molecule is N#CC=CS(=O)(=O)CCC#N. The first kappa shape index (κ1) is 9.67. The van der Waals surface area contributed by atoms with Gasteiger partial charge in [-0.2, -0.15) is 10.5 Å². The molecule has 0 aliphatic rings. The van der Waals surface area contributed by atoms with Gasteiger partial charge < -0.3 is 0 Å². The minimum atomic E-state index is -3.33. The fourth-order valence-electron chi connectivity index (χ4n) is 0.390. The normalized spacial score (nSPS) is 10.7. The van der Waals surface area contributed by atoms with Crippen LogP contribution in [0.15, 0.2) is 11.5 Å². The van der Waals surface area contributed by atoms with Crippen molar-refractivity contribution in [3.63, 3.8) is 0 Å². The van der Waals surface area contributed by atoms with Gasteiger partial charge in [0.05, 0.1) is 17.9 Å². The van der Waals surface area contributed by atoms with Gasteiger partial charge in [0.25, 0.3) is 0 Å². The summed E-state index contributed by atoms with van der Waals surface area (Å²) in [6.45, 7) is 0. The molecule has 0 saturated heterocycles. The lowest BCUT2D eigenvalue weighted by Crippen LogP contribution is -2.00. The predicted octanol–water partition coefficient (Wildman–Crippen LogP) is 0.352. The zero-order valence-corrected chi connectivity index (χ0v) is 6.50. The Bertz CT molecular complexity index is 315. The summed E-state index contributed by atoms with van der Waals surface area (Å²) >= 11 is 0. The van der Waals surface area contributed by atoms with Crippen molar-refractivity contribution in [1.82, 2.24) is 0 Å². The molecule has 0 unspecified atom stereocenters. The molecule has 11 heavy (non-hydrogen) atoms. The molecule has 0 bridgehead atoms. The Kier molecular flexibility index (Phi) is 3.94. The van der Waals surface area contributed by atoms with Gasteiger partial charge in [0.1, 0.15) is 0 Å². The summed E-state index contributed by atoms with van der Waals surface area (Å²) in [5, 5.41) is 16.9. The number of nitrogens with zero attached hydrogens (tertiary/aromatic N) is 2. The second kappa shape index (κ2) is 4.48. The standard InChI is InChI=1S/C6H6N2O2S/c7-3-1-5-11(9,10)6-2-4-8/h1,5H,2,6H2. The topological polar surface area (TPSA) is 81.7 Å². The van der Waals surface area contributed by atoms with E-state index in [1.807, 2.05) is 0 Å². The number of nitriles is 2. The Morgan fingerprint density at radius 1 is 1.36 bits per heavy atom. The fourth-order valence-corrected chi connectivity index (χ4v) is 1.17. The minimum Gasteiger partial charge on any atom is -0.224 e. The monoisotopic (exact) mass is 170 g/mol. The molecule has 58 valence electrons. The van der Waals surface area contributed by atoms with Crippen LogP contribution in [0.25, 0.3) is 0 Å². The predicted molar refractivity (Wildman–Crippen MR) is 38.8 cm³/mol. The van der Waals surface area contributed by atoms with Crippen LogP contribution in [0, 0.1) is 22.7 Å². The van der Waals surface area contributed by atoms with Crippen LogP contribution in [-0.4, -0.2) is 14.2 Å². The van der Waals surface area contributed by atoms with Crippen LogP contribution in [0.1, 0.15) is 6.42 Å². The third-order valence-electron chi connectivity index (χ3n) is 0.848. The molecule has 0 aliphatic carbocycles. The maximum Gasteiger partial charge on any atom is 0.173 e. The van der Waals surface area contributed by atoms with Gasteiger partial charge in [0.15, 0.2) is 9.84 Å². The van der Waals surface area contributed by atoms with E-state index < -0.39 is 9.84 Å². The maximum absolute atomic E-state index is 10.8. The van der Waals surface area contributed by atoms with Gasteiger partial charge in [-0.15, -0.1) is 0 Å². The molecule has 0 spiro atoms. The van der Waals surface area contributed by atoms with Crippen molar-refractivity contribution < 1.29 is 8.42 Å². The molecule has 0 fully saturated rings. The molecule has 0 aromatic rings. The molecular weight excluding hydrogens is 164 g/mol. The number of sulfone groups is 1. The second-order valence-corrected chi connectivity index (χ2v) is 3.71. The van der Waals surface area contributed by atoms with Crippen molar-refractivity contribution in [2.45, 2.75) is 6.42 Å². The van der Waals surface area contributed by atoms with Crippen molar-refractivity contribution in [3.8, 4) is 12.1 Å². The molecule has 0 aliphatic heterocycles. The molecule has 0 aromatic carbocycles. The summed E-state index contributed by atoms with van der Waals surface area (Å²) in [5.41, 5.74) is 0. The third kappa shape index (κ3) is 5.13. The van der Waals surface area contributed by atoms with E-state index in [0.29, 0.717) is 0 Å². The van der Waals surface area contributed by atoms with Gasteiger partial charge in [-0.3, -0.25) is 0 Å². The summed E-state index contributed by atoms with van der Waals surface area (Å²) in [5.74, 6) is -0.221. The van der Waals surface area contributed by atoms with Crippen molar-refractivity contribution in [3.05, 3.63) is 11.5 Å². The highest BCUT2D eigenvalue weighted by molar-refractivity contribution is 7.94. The van der Waals surface area contributed by atoms with Crippen LogP contribution in [0.5, 0.6) is 0 Å².